The number of nitriles is 1. The average molecular weight is 257 g/mol. The fourth-order valence-corrected chi connectivity index (χ4v) is 1.76. The van der Waals surface area contributed by atoms with Crippen molar-refractivity contribution in [3.63, 3.8) is 0 Å². The summed E-state index contributed by atoms with van der Waals surface area (Å²) >= 11 is 0. The number of rotatable bonds is 4. The maximum Gasteiger partial charge on any atom is 0.227 e. The SMILES string of the molecule is CC[C@](C)(C#N)NC(=O)Cc1noc2ccccc12. The molecule has 5 heteroatoms. The normalized spacial score (nSPS) is 13.7. The van der Waals surface area contributed by atoms with Crippen molar-refractivity contribution >= 4 is 16.9 Å². The second-order valence-electron chi connectivity index (χ2n) is 4.65. The van der Waals surface area contributed by atoms with Gasteiger partial charge in [0.2, 0.25) is 5.91 Å². The van der Waals surface area contributed by atoms with Crippen LogP contribution in [0, 0.1) is 11.3 Å². The summed E-state index contributed by atoms with van der Waals surface area (Å²) in [6, 6.07) is 9.48. The van der Waals surface area contributed by atoms with Gasteiger partial charge in [0.05, 0.1) is 12.5 Å². The van der Waals surface area contributed by atoms with E-state index < -0.39 is 5.54 Å². The molecule has 2 rings (SSSR count). The Hall–Kier alpha value is -2.35. The molecule has 98 valence electrons. The van der Waals surface area contributed by atoms with Crippen molar-refractivity contribution in [2.75, 3.05) is 0 Å². The van der Waals surface area contributed by atoms with Crippen LogP contribution < -0.4 is 5.32 Å². The highest BCUT2D eigenvalue weighted by molar-refractivity contribution is 5.86. The Morgan fingerprint density at radius 3 is 2.95 bits per heavy atom. The number of carbonyl (C=O) groups is 1. The van der Waals surface area contributed by atoms with E-state index in [1.54, 1.807) is 13.0 Å². The zero-order valence-electron chi connectivity index (χ0n) is 10.9. The van der Waals surface area contributed by atoms with Crippen molar-refractivity contribution < 1.29 is 9.32 Å². The third kappa shape index (κ3) is 2.74. The van der Waals surface area contributed by atoms with Crippen molar-refractivity contribution in [3.8, 4) is 6.07 Å². The molecule has 0 spiro atoms. The molecule has 0 saturated carbocycles. The molecule has 19 heavy (non-hydrogen) atoms. The monoisotopic (exact) mass is 257 g/mol. The van der Waals surface area contributed by atoms with Crippen LogP contribution in [-0.4, -0.2) is 16.6 Å². The number of carbonyl (C=O) groups excluding carboxylic acids is 1. The number of hydrogen-bond donors (Lipinski definition) is 1. The summed E-state index contributed by atoms with van der Waals surface area (Å²) in [6.07, 6.45) is 0.656. The van der Waals surface area contributed by atoms with E-state index in [1.807, 2.05) is 25.1 Å². The van der Waals surface area contributed by atoms with E-state index in [4.69, 9.17) is 9.78 Å². The quantitative estimate of drug-likeness (QED) is 0.910. The molecule has 1 aromatic carbocycles. The van der Waals surface area contributed by atoms with Gasteiger partial charge in [-0.1, -0.05) is 24.2 Å². The Morgan fingerprint density at radius 2 is 2.26 bits per heavy atom. The third-order valence-electron chi connectivity index (χ3n) is 3.15. The van der Waals surface area contributed by atoms with Gasteiger partial charge in [0.15, 0.2) is 5.58 Å². The van der Waals surface area contributed by atoms with E-state index in [9.17, 15) is 4.79 Å². The molecule has 1 amide bonds. The minimum absolute atomic E-state index is 0.105. The van der Waals surface area contributed by atoms with Crippen molar-refractivity contribution in [2.24, 2.45) is 0 Å². The lowest BCUT2D eigenvalue weighted by atomic mass is 10.0. The van der Waals surface area contributed by atoms with Crippen molar-refractivity contribution in [1.29, 1.82) is 5.26 Å². The molecule has 0 fully saturated rings. The fourth-order valence-electron chi connectivity index (χ4n) is 1.76. The van der Waals surface area contributed by atoms with Gasteiger partial charge in [0.25, 0.3) is 0 Å². The van der Waals surface area contributed by atoms with E-state index in [0.29, 0.717) is 17.7 Å². The summed E-state index contributed by atoms with van der Waals surface area (Å²) in [5.74, 6) is -0.232. The van der Waals surface area contributed by atoms with E-state index in [2.05, 4.69) is 16.5 Å². The summed E-state index contributed by atoms with van der Waals surface area (Å²) in [5.41, 5.74) is 0.407. The van der Waals surface area contributed by atoms with E-state index in [0.717, 1.165) is 5.39 Å². The summed E-state index contributed by atoms with van der Waals surface area (Å²) in [7, 11) is 0. The number of hydrogen-bond acceptors (Lipinski definition) is 4. The summed E-state index contributed by atoms with van der Waals surface area (Å²) < 4.78 is 5.14. The van der Waals surface area contributed by atoms with Gasteiger partial charge in [-0.15, -0.1) is 0 Å². The number of amides is 1. The van der Waals surface area contributed by atoms with Crippen LogP contribution in [-0.2, 0) is 11.2 Å². The van der Waals surface area contributed by atoms with Gasteiger partial charge in [-0.2, -0.15) is 5.26 Å². The molecule has 1 atom stereocenters. The molecule has 0 aliphatic heterocycles. The van der Waals surface area contributed by atoms with Crippen LogP contribution in [0.2, 0.25) is 0 Å². The lowest BCUT2D eigenvalue weighted by Crippen LogP contribution is -2.45. The van der Waals surface area contributed by atoms with Crippen LogP contribution in [0.15, 0.2) is 28.8 Å². The molecule has 0 radical (unpaired) electrons. The average Bonchev–Trinajstić information content (AvgIpc) is 2.82. The Bertz CT molecular complexity index is 641. The molecule has 0 aliphatic rings. The zero-order chi connectivity index (χ0) is 13.9. The Labute approximate surface area is 111 Å². The third-order valence-corrected chi connectivity index (χ3v) is 3.15. The first-order chi connectivity index (χ1) is 9.08. The lowest BCUT2D eigenvalue weighted by Gasteiger charge is -2.20. The highest BCUT2D eigenvalue weighted by Gasteiger charge is 2.24. The maximum absolute atomic E-state index is 11.9. The predicted molar refractivity (Wildman–Crippen MR) is 70.2 cm³/mol. The minimum atomic E-state index is -0.837. The number of aromatic nitrogens is 1. The number of para-hydroxylation sites is 1. The molecule has 1 N–H and O–H groups in total. The maximum atomic E-state index is 11.9. The highest BCUT2D eigenvalue weighted by atomic mass is 16.5. The van der Waals surface area contributed by atoms with Gasteiger partial charge in [-0.25, -0.2) is 0 Å². The molecule has 0 bridgehead atoms. The van der Waals surface area contributed by atoms with E-state index >= 15 is 0 Å². The van der Waals surface area contributed by atoms with Gasteiger partial charge in [0.1, 0.15) is 11.2 Å². The molecule has 0 saturated heterocycles. The topological polar surface area (TPSA) is 78.9 Å². The molecular formula is C14H15N3O2. The van der Waals surface area contributed by atoms with Gasteiger partial charge in [-0.05, 0) is 25.5 Å². The van der Waals surface area contributed by atoms with E-state index in [1.165, 1.54) is 0 Å². The van der Waals surface area contributed by atoms with Crippen LogP contribution in [0.4, 0.5) is 0 Å². The van der Waals surface area contributed by atoms with Crippen LogP contribution in [0.3, 0.4) is 0 Å². The first kappa shape index (κ1) is 13.1. The van der Waals surface area contributed by atoms with Crippen LogP contribution in [0.25, 0.3) is 11.0 Å². The van der Waals surface area contributed by atoms with Gasteiger partial charge >= 0.3 is 0 Å². The largest absolute Gasteiger partial charge is 0.356 e. The smallest absolute Gasteiger partial charge is 0.227 e. The summed E-state index contributed by atoms with van der Waals surface area (Å²) in [6.45, 7) is 3.56. The molecule has 1 aromatic heterocycles. The number of fused-ring (bicyclic) bond motifs is 1. The molecule has 0 aliphatic carbocycles. The Kier molecular flexibility index (Phi) is 3.52. The fraction of sp³-hybridized carbons (Fsp3) is 0.357. The Morgan fingerprint density at radius 1 is 1.53 bits per heavy atom. The molecular weight excluding hydrogens is 242 g/mol. The van der Waals surface area contributed by atoms with Crippen molar-refractivity contribution in [3.05, 3.63) is 30.0 Å². The van der Waals surface area contributed by atoms with Crippen molar-refractivity contribution in [1.82, 2.24) is 10.5 Å². The Balaban J connectivity index is 2.14. The first-order valence-corrected chi connectivity index (χ1v) is 6.13. The molecule has 2 aromatic rings. The minimum Gasteiger partial charge on any atom is -0.356 e. The predicted octanol–water partition coefficient (Wildman–Crippen LogP) is 2.18. The number of nitrogens with zero attached hydrogens (tertiary/aromatic N) is 2. The molecule has 5 nitrogen and oxygen atoms in total. The second-order valence-corrected chi connectivity index (χ2v) is 4.65. The first-order valence-electron chi connectivity index (χ1n) is 6.13. The molecule has 1 heterocycles. The lowest BCUT2D eigenvalue weighted by molar-refractivity contribution is -0.121. The van der Waals surface area contributed by atoms with Crippen LogP contribution in [0.5, 0.6) is 0 Å². The van der Waals surface area contributed by atoms with Crippen LogP contribution in [0.1, 0.15) is 26.0 Å². The van der Waals surface area contributed by atoms with Gasteiger partial charge in [-0.3, -0.25) is 4.79 Å². The number of nitrogens with one attached hydrogen (secondary N) is 1. The van der Waals surface area contributed by atoms with Crippen molar-refractivity contribution in [2.45, 2.75) is 32.2 Å². The van der Waals surface area contributed by atoms with E-state index in [-0.39, 0.29) is 12.3 Å². The summed E-state index contributed by atoms with van der Waals surface area (Å²) in [5, 5.41) is 16.5. The number of benzene rings is 1. The highest BCUT2D eigenvalue weighted by Crippen LogP contribution is 2.18. The van der Waals surface area contributed by atoms with Crippen LogP contribution >= 0.6 is 0 Å². The summed E-state index contributed by atoms with van der Waals surface area (Å²) in [4.78, 5) is 11.9. The standard InChI is InChI=1S/C14H15N3O2/c1-3-14(2,9-15)16-13(18)8-11-10-6-4-5-7-12(10)19-17-11/h4-7H,3,8H2,1-2H3,(H,16,18)/t14-/m1/s1. The van der Waals surface area contributed by atoms with Gasteiger partial charge < -0.3 is 9.84 Å². The molecule has 0 unspecified atom stereocenters. The zero-order valence-corrected chi connectivity index (χ0v) is 10.9. The van der Waals surface area contributed by atoms with Gasteiger partial charge in [0, 0.05) is 5.39 Å². The second kappa shape index (κ2) is 5.11.